The summed E-state index contributed by atoms with van der Waals surface area (Å²) in [6.07, 6.45) is 1.57. The van der Waals surface area contributed by atoms with Crippen molar-refractivity contribution in [3.8, 4) is 0 Å². The number of nitrogens with zero attached hydrogens (tertiary/aromatic N) is 1. The number of benzene rings is 2. The molecule has 8 heteroatoms. The molecule has 0 unspecified atom stereocenters. The van der Waals surface area contributed by atoms with Crippen LogP contribution in [0, 0.1) is 0 Å². The molecule has 0 spiro atoms. The van der Waals surface area contributed by atoms with Crippen LogP contribution in [0.15, 0.2) is 53.4 Å². The predicted octanol–water partition coefficient (Wildman–Crippen LogP) is 4.36. The van der Waals surface area contributed by atoms with Gasteiger partial charge in [0.25, 0.3) is 0 Å². The Hall–Kier alpha value is -0.820. The van der Waals surface area contributed by atoms with E-state index >= 15 is 0 Å². The van der Waals surface area contributed by atoms with Crippen LogP contribution in [0.3, 0.4) is 0 Å². The standard InChI is InChI=1S/C18H20Cl2N2O2S.ClH/c19-17-7-6-16(12-18(17)20)25(23,24)21-15-8-10-22(11-9-15)13-14-4-2-1-3-5-14;/h1-7,12,15,21H,8-11,13H2;1H. The largest absolute Gasteiger partial charge is 0.299 e. The Bertz CT molecular complexity index is 824. The van der Waals surface area contributed by atoms with Gasteiger partial charge >= 0.3 is 0 Å². The minimum atomic E-state index is -3.59. The van der Waals surface area contributed by atoms with Gasteiger partial charge in [-0.3, -0.25) is 4.90 Å². The van der Waals surface area contributed by atoms with E-state index in [1.165, 1.54) is 23.8 Å². The summed E-state index contributed by atoms with van der Waals surface area (Å²) in [5, 5.41) is 0.581. The van der Waals surface area contributed by atoms with Crippen LogP contribution < -0.4 is 4.72 Å². The smallest absolute Gasteiger partial charge is 0.240 e. The minimum absolute atomic E-state index is 0. The number of rotatable bonds is 5. The molecule has 1 aliphatic rings. The predicted molar refractivity (Wildman–Crippen MR) is 109 cm³/mol. The molecule has 0 aromatic heterocycles. The summed E-state index contributed by atoms with van der Waals surface area (Å²) >= 11 is 11.8. The zero-order chi connectivity index (χ0) is 17.9. The molecule has 2 aromatic rings. The first-order chi connectivity index (χ1) is 11.9. The summed E-state index contributed by atoms with van der Waals surface area (Å²) in [6.45, 7) is 2.63. The van der Waals surface area contributed by atoms with Crippen molar-refractivity contribution in [2.24, 2.45) is 0 Å². The SMILES string of the molecule is Cl.O=S(=O)(NC1CCN(Cc2ccccc2)CC1)c1ccc(Cl)c(Cl)c1. The van der Waals surface area contributed by atoms with Crippen LogP contribution >= 0.6 is 35.6 Å². The minimum Gasteiger partial charge on any atom is -0.299 e. The average Bonchev–Trinajstić information content (AvgIpc) is 2.60. The molecule has 1 N–H and O–H groups in total. The molecule has 1 saturated heterocycles. The Morgan fingerprint density at radius 2 is 1.65 bits per heavy atom. The number of halogens is 3. The molecule has 3 rings (SSSR count). The molecule has 0 aliphatic carbocycles. The number of hydrogen-bond donors (Lipinski definition) is 1. The summed E-state index contributed by atoms with van der Waals surface area (Å²) in [5.74, 6) is 0. The zero-order valence-corrected chi connectivity index (χ0v) is 17.2. The van der Waals surface area contributed by atoms with E-state index in [4.69, 9.17) is 23.2 Å². The van der Waals surface area contributed by atoms with Gasteiger partial charge in [-0.2, -0.15) is 0 Å². The molecule has 2 aromatic carbocycles. The third kappa shape index (κ3) is 5.59. The van der Waals surface area contributed by atoms with Crippen molar-refractivity contribution in [1.29, 1.82) is 0 Å². The first-order valence-corrected chi connectivity index (χ1v) is 10.4. The summed E-state index contributed by atoms with van der Waals surface area (Å²) in [5.41, 5.74) is 1.28. The lowest BCUT2D eigenvalue weighted by Crippen LogP contribution is -2.44. The molecule has 0 amide bonds. The maximum atomic E-state index is 12.5. The Morgan fingerprint density at radius 3 is 2.27 bits per heavy atom. The van der Waals surface area contributed by atoms with Gasteiger partial charge in [-0.15, -0.1) is 12.4 Å². The van der Waals surface area contributed by atoms with Crippen molar-refractivity contribution >= 4 is 45.6 Å². The van der Waals surface area contributed by atoms with Gasteiger partial charge < -0.3 is 0 Å². The fraction of sp³-hybridized carbons (Fsp3) is 0.333. The summed E-state index contributed by atoms with van der Waals surface area (Å²) in [4.78, 5) is 2.49. The van der Waals surface area contributed by atoms with Gasteiger partial charge in [0.15, 0.2) is 0 Å². The number of piperidine rings is 1. The normalized spacial score (nSPS) is 16.2. The second kappa shape index (κ2) is 9.40. The van der Waals surface area contributed by atoms with E-state index in [1.54, 1.807) is 0 Å². The Morgan fingerprint density at radius 1 is 1.00 bits per heavy atom. The molecule has 26 heavy (non-hydrogen) atoms. The third-order valence-corrected chi connectivity index (χ3v) is 6.62. The Kier molecular flexibility index (Phi) is 7.76. The van der Waals surface area contributed by atoms with E-state index in [2.05, 4.69) is 21.8 Å². The second-order valence-corrected chi connectivity index (χ2v) is 8.76. The van der Waals surface area contributed by atoms with Crippen LogP contribution in [-0.4, -0.2) is 32.4 Å². The topological polar surface area (TPSA) is 49.4 Å². The van der Waals surface area contributed by atoms with Crippen LogP contribution in [0.2, 0.25) is 10.0 Å². The molecule has 142 valence electrons. The van der Waals surface area contributed by atoms with Crippen LogP contribution in [0.5, 0.6) is 0 Å². The fourth-order valence-electron chi connectivity index (χ4n) is 2.98. The van der Waals surface area contributed by atoms with Crippen LogP contribution in [0.1, 0.15) is 18.4 Å². The number of likely N-dealkylation sites (tertiary alicyclic amines) is 1. The maximum Gasteiger partial charge on any atom is 0.240 e. The molecule has 0 radical (unpaired) electrons. The highest BCUT2D eigenvalue weighted by Crippen LogP contribution is 2.25. The van der Waals surface area contributed by atoms with E-state index in [1.807, 2.05) is 18.2 Å². The third-order valence-electron chi connectivity index (χ3n) is 4.36. The van der Waals surface area contributed by atoms with E-state index in [0.29, 0.717) is 5.02 Å². The molecule has 0 atom stereocenters. The Balaban J connectivity index is 0.00000243. The first-order valence-electron chi connectivity index (χ1n) is 8.18. The lowest BCUT2D eigenvalue weighted by molar-refractivity contribution is 0.200. The van der Waals surface area contributed by atoms with Gasteiger partial charge in [-0.25, -0.2) is 13.1 Å². The summed E-state index contributed by atoms with van der Waals surface area (Å²) in [6, 6.07) is 14.6. The maximum absolute atomic E-state index is 12.5. The lowest BCUT2D eigenvalue weighted by Gasteiger charge is -2.32. The van der Waals surface area contributed by atoms with Crippen molar-refractivity contribution in [2.45, 2.75) is 30.3 Å². The van der Waals surface area contributed by atoms with Crippen molar-refractivity contribution in [3.63, 3.8) is 0 Å². The summed E-state index contributed by atoms with van der Waals surface area (Å²) in [7, 11) is -3.59. The fourth-order valence-corrected chi connectivity index (χ4v) is 4.68. The van der Waals surface area contributed by atoms with Crippen molar-refractivity contribution < 1.29 is 8.42 Å². The van der Waals surface area contributed by atoms with E-state index < -0.39 is 10.0 Å². The lowest BCUT2D eigenvalue weighted by atomic mass is 10.1. The van der Waals surface area contributed by atoms with E-state index in [0.717, 1.165) is 32.5 Å². The highest BCUT2D eigenvalue weighted by Gasteiger charge is 2.25. The highest BCUT2D eigenvalue weighted by molar-refractivity contribution is 7.89. The van der Waals surface area contributed by atoms with Gasteiger partial charge in [-0.05, 0) is 36.6 Å². The van der Waals surface area contributed by atoms with E-state index in [9.17, 15) is 8.42 Å². The zero-order valence-electron chi connectivity index (χ0n) is 14.1. The molecule has 1 aliphatic heterocycles. The van der Waals surface area contributed by atoms with Crippen LogP contribution in [0.4, 0.5) is 0 Å². The molecular formula is C18H21Cl3N2O2S. The van der Waals surface area contributed by atoms with Crippen LogP contribution in [0.25, 0.3) is 0 Å². The molecular weight excluding hydrogens is 415 g/mol. The van der Waals surface area contributed by atoms with Crippen molar-refractivity contribution in [2.75, 3.05) is 13.1 Å². The van der Waals surface area contributed by atoms with Gasteiger partial charge in [0.1, 0.15) is 0 Å². The van der Waals surface area contributed by atoms with Crippen LogP contribution in [-0.2, 0) is 16.6 Å². The molecule has 0 saturated carbocycles. The number of nitrogens with one attached hydrogen (secondary N) is 1. The van der Waals surface area contributed by atoms with E-state index in [-0.39, 0.29) is 28.4 Å². The average molecular weight is 436 g/mol. The van der Waals surface area contributed by atoms with Gasteiger partial charge in [0.05, 0.1) is 14.9 Å². The summed E-state index contributed by atoms with van der Waals surface area (Å²) < 4.78 is 27.8. The molecule has 0 bridgehead atoms. The Labute approximate surface area is 171 Å². The molecule has 4 nitrogen and oxygen atoms in total. The number of sulfonamides is 1. The van der Waals surface area contributed by atoms with Crippen molar-refractivity contribution in [3.05, 3.63) is 64.1 Å². The highest BCUT2D eigenvalue weighted by atomic mass is 35.5. The monoisotopic (exact) mass is 434 g/mol. The molecule has 1 heterocycles. The van der Waals surface area contributed by atoms with Gasteiger partial charge in [0, 0.05) is 25.7 Å². The quantitative estimate of drug-likeness (QED) is 0.759. The number of hydrogen-bond acceptors (Lipinski definition) is 3. The molecule has 1 fully saturated rings. The van der Waals surface area contributed by atoms with Gasteiger partial charge in [0.2, 0.25) is 10.0 Å². The second-order valence-electron chi connectivity index (χ2n) is 6.23. The first kappa shape index (κ1) is 21.5. The van der Waals surface area contributed by atoms with Crippen molar-refractivity contribution in [1.82, 2.24) is 9.62 Å². The van der Waals surface area contributed by atoms with Gasteiger partial charge in [-0.1, -0.05) is 53.5 Å².